The summed E-state index contributed by atoms with van der Waals surface area (Å²) in [6.07, 6.45) is 3.82. The quantitative estimate of drug-likeness (QED) is 0.768. The Balaban J connectivity index is 1.44. The smallest absolute Gasteiger partial charge is 0.264 e. The van der Waals surface area contributed by atoms with Crippen LogP contribution in [0.5, 0.6) is 5.75 Å². The van der Waals surface area contributed by atoms with Gasteiger partial charge in [0.2, 0.25) is 0 Å². The molecule has 1 aliphatic rings. The molecule has 2 N–H and O–H groups in total. The molecular weight excluding hydrogens is 358 g/mol. The minimum atomic E-state index is -0.294. The highest BCUT2D eigenvalue weighted by molar-refractivity contribution is 7.80. The van der Waals surface area contributed by atoms with Crippen LogP contribution in [0.2, 0.25) is 0 Å². The summed E-state index contributed by atoms with van der Waals surface area (Å²) in [6.45, 7) is 4.14. The number of piperidine rings is 1. The van der Waals surface area contributed by atoms with Gasteiger partial charge in [0.05, 0.1) is 0 Å². The highest BCUT2D eigenvalue weighted by Gasteiger charge is 2.11. The number of benzene rings is 2. The van der Waals surface area contributed by atoms with Crippen molar-refractivity contribution in [3.05, 3.63) is 54.1 Å². The van der Waals surface area contributed by atoms with Crippen molar-refractivity contribution in [3.8, 4) is 5.75 Å². The Morgan fingerprint density at radius 3 is 2.37 bits per heavy atom. The van der Waals surface area contributed by atoms with Gasteiger partial charge in [-0.25, -0.2) is 0 Å². The molecule has 1 aliphatic heterocycles. The van der Waals surface area contributed by atoms with Gasteiger partial charge in [0.1, 0.15) is 5.75 Å². The Morgan fingerprint density at radius 2 is 1.70 bits per heavy atom. The number of hydrogen-bond acceptors (Lipinski definition) is 4. The summed E-state index contributed by atoms with van der Waals surface area (Å²) in [6, 6.07) is 15.7. The number of amides is 1. The van der Waals surface area contributed by atoms with E-state index in [2.05, 4.69) is 27.7 Å². The first-order chi connectivity index (χ1) is 13.1. The van der Waals surface area contributed by atoms with Crippen LogP contribution in [0.1, 0.15) is 24.8 Å². The largest absolute Gasteiger partial charge is 0.484 e. The Labute approximate surface area is 165 Å². The number of ether oxygens (including phenoxy) is 1. The first-order valence-corrected chi connectivity index (χ1v) is 9.66. The summed E-state index contributed by atoms with van der Waals surface area (Å²) >= 11 is 5.21. The van der Waals surface area contributed by atoms with Gasteiger partial charge in [0.25, 0.3) is 5.91 Å². The lowest BCUT2D eigenvalue weighted by atomic mass is 10.1. The SMILES string of the molecule is Cc1ccc(OCC(=O)NC(=S)Nc2ccc(N3CCCCC3)cc2)cc1. The molecule has 0 bridgehead atoms. The van der Waals surface area contributed by atoms with E-state index in [4.69, 9.17) is 17.0 Å². The van der Waals surface area contributed by atoms with Gasteiger partial charge in [-0.15, -0.1) is 0 Å². The van der Waals surface area contributed by atoms with E-state index in [9.17, 15) is 4.79 Å². The van der Waals surface area contributed by atoms with Gasteiger partial charge in [-0.1, -0.05) is 17.7 Å². The Morgan fingerprint density at radius 1 is 1.04 bits per heavy atom. The lowest BCUT2D eigenvalue weighted by Gasteiger charge is -2.28. The van der Waals surface area contributed by atoms with Gasteiger partial charge in [-0.05, 0) is 74.8 Å². The zero-order valence-corrected chi connectivity index (χ0v) is 16.3. The third-order valence-electron chi connectivity index (χ3n) is 4.49. The van der Waals surface area contributed by atoms with Crippen LogP contribution in [0.15, 0.2) is 48.5 Å². The van der Waals surface area contributed by atoms with E-state index < -0.39 is 0 Å². The number of thiocarbonyl (C=S) groups is 1. The number of carbonyl (C=O) groups excluding carboxylic acids is 1. The Bertz CT molecular complexity index is 769. The van der Waals surface area contributed by atoms with Crippen molar-refractivity contribution in [3.63, 3.8) is 0 Å². The van der Waals surface area contributed by atoms with Crippen molar-refractivity contribution in [1.29, 1.82) is 0 Å². The molecule has 142 valence electrons. The average molecular weight is 384 g/mol. The molecule has 3 rings (SSSR count). The van der Waals surface area contributed by atoms with Gasteiger partial charge >= 0.3 is 0 Å². The topological polar surface area (TPSA) is 53.6 Å². The standard InChI is InChI=1S/C21H25N3O2S/c1-16-5-11-19(12-6-16)26-15-20(25)23-21(27)22-17-7-9-18(10-8-17)24-13-3-2-4-14-24/h5-12H,2-4,13-15H2,1H3,(H2,22,23,25,27). The van der Waals surface area contributed by atoms with Gasteiger partial charge in [0, 0.05) is 24.5 Å². The molecule has 27 heavy (non-hydrogen) atoms. The number of aryl methyl sites for hydroxylation is 1. The van der Waals surface area contributed by atoms with Crippen LogP contribution in [0.4, 0.5) is 11.4 Å². The first-order valence-electron chi connectivity index (χ1n) is 9.25. The third-order valence-corrected chi connectivity index (χ3v) is 4.69. The molecule has 1 amide bonds. The molecule has 2 aromatic rings. The van der Waals surface area contributed by atoms with Crippen molar-refractivity contribution in [2.45, 2.75) is 26.2 Å². The number of nitrogens with one attached hydrogen (secondary N) is 2. The second kappa shape index (κ2) is 9.37. The second-order valence-corrected chi connectivity index (χ2v) is 7.11. The zero-order chi connectivity index (χ0) is 19.1. The van der Waals surface area contributed by atoms with Crippen LogP contribution in [-0.4, -0.2) is 30.7 Å². The van der Waals surface area contributed by atoms with Crippen LogP contribution >= 0.6 is 12.2 Å². The summed E-state index contributed by atoms with van der Waals surface area (Å²) in [4.78, 5) is 14.4. The molecule has 0 radical (unpaired) electrons. The van der Waals surface area contributed by atoms with E-state index in [1.165, 1.54) is 24.9 Å². The predicted molar refractivity (Wildman–Crippen MR) is 114 cm³/mol. The van der Waals surface area contributed by atoms with Crippen LogP contribution in [-0.2, 0) is 4.79 Å². The molecular formula is C21H25N3O2S. The van der Waals surface area contributed by atoms with E-state index in [-0.39, 0.29) is 17.6 Å². The summed E-state index contributed by atoms with van der Waals surface area (Å²) in [5, 5.41) is 5.93. The molecule has 0 unspecified atom stereocenters. The summed E-state index contributed by atoms with van der Waals surface area (Å²) in [5.74, 6) is 0.362. The number of hydrogen-bond donors (Lipinski definition) is 2. The van der Waals surface area contributed by atoms with E-state index in [0.717, 1.165) is 24.3 Å². The van der Waals surface area contributed by atoms with Crippen LogP contribution in [0.3, 0.4) is 0 Å². The maximum absolute atomic E-state index is 12.0. The Kier molecular flexibility index (Phi) is 6.65. The van der Waals surface area contributed by atoms with Gasteiger partial charge in [0.15, 0.2) is 11.7 Å². The minimum absolute atomic E-state index is 0.0845. The number of nitrogens with zero attached hydrogens (tertiary/aromatic N) is 1. The molecule has 0 spiro atoms. The van der Waals surface area contributed by atoms with E-state index in [0.29, 0.717) is 5.75 Å². The highest BCUT2D eigenvalue weighted by atomic mass is 32.1. The molecule has 1 fully saturated rings. The lowest BCUT2D eigenvalue weighted by Crippen LogP contribution is -2.37. The Hall–Kier alpha value is -2.60. The molecule has 1 saturated heterocycles. The van der Waals surface area contributed by atoms with E-state index in [1.54, 1.807) is 0 Å². The van der Waals surface area contributed by atoms with Crippen LogP contribution in [0, 0.1) is 6.92 Å². The van der Waals surface area contributed by atoms with E-state index in [1.807, 2.05) is 43.3 Å². The highest BCUT2D eigenvalue weighted by Crippen LogP contribution is 2.21. The van der Waals surface area contributed by atoms with Crippen molar-refractivity contribution < 1.29 is 9.53 Å². The molecule has 0 atom stereocenters. The van der Waals surface area contributed by atoms with Crippen molar-refractivity contribution >= 4 is 34.6 Å². The fourth-order valence-corrected chi connectivity index (χ4v) is 3.25. The molecule has 2 aromatic carbocycles. The third kappa shape index (κ3) is 5.96. The fraction of sp³-hybridized carbons (Fsp3) is 0.333. The molecule has 6 heteroatoms. The summed E-state index contributed by atoms with van der Waals surface area (Å²) < 4.78 is 5.45. The van der Waals surface area contributed by atoms with Crippen LogP contribution < -0.4 is 20.3 Å². The van der Waals surface area contributed by atoms with Crippen LogP contribution in [0.25, 0.3) is 0 Å². The lowest BCUT2D eigenvalue weighted by molar-refractivity contribution is -0.121. The average Bonchev–Trinajstić information content (AvgIpc) is 2.69. The zero-order valence-electron chi connectivity index (χ0n) is 15.5. The molecule has 0 aromatic heterocycles. The fourth-order valence-electron chi connectivity index (χ4n) is 3.02. The van der Waals surface area contributed by atoms with Crippen molar-refractivity contribution in [1.82, 2.24) is 5.32 Å². The monoisotopic (exact) mass is 383 g/mol. The van der Waals surface area contributed by atoms with Crippen molar-refractivity contribution in [2.24, 2.45) is 0 Å². The van der Waals surface area contributed by atoms with Gasteiger partial charge in [-0.3, -0.25) is 10.1 Å². The number of rotatable bonds is 5. The minimum Gasteiger partial charge on any atom is -0.484 e. The maximum atomic E-state index is 12.0. The summed E-state index contributed by atoms with van der Waals surface area (Å²) in [5.41, 5.74) is 3.21. The molecule has 0 saturated carbocycles. The number of anilines is 2. The first kappa shape index (κ1) is 19.2. The molecule has 5 nitrogen and oxygen atoms in total. The molecule has 0 aliphatic carbocycles. The normalized spacial score (nSPS) is 13.7. The second-order valence-electron chi connectivity index (χ2n) is 6.70. The van der Waals surface area contributed by atoms with Crippen molar-refractivity contribution in [2.75, 3.05) is 29.9 Å². The number of carbonyl (C=O) groups is 1. The van der Waals surface area contributed by atoms with Gasteiger partial charge in [-0.2, -0.15) is 0 Å². The molecule has 1 heterocycles. The predicted octanol–water partition coefficient (Wildman–Crippen LogP) is 3.88. The maximum Gasteiger partial charge on any atom is 0.264 e. The summed E-state index contributed by atoms with van der Waals surface area (Å²) in [7, 11) is 0. The van der Waals surface area contributed by atoms with Gasteiger partial charge < -0.3 is 15.0 Å². The van der Waals surface area contributed by atoms with E-state index >= 15 is 0 Å².